The van der Waals surface area contributed by atoms with Crippen LogP contribution in [-0.4, -0.2) is 18.7 Å². The van der Waals surface area contributed by atoms with E-state index in [1.54, 1.807) is 4.90 Å². The van der Waals surface area contributed by atoms with E-state index in [4.69, 9.17) is 15.2 Å². The number of carbonyl (C=O) groups excluding carboxylic acids is 1. The van der Waals surface area contributed by atoms with E-state index >= 15 is 0 Å². The zero-order valence-electron chi connectivity index (χ0n) is 12.2. The number of benzene rings is 2. The van der Waals surface area contributed by atoms with Gasteiger partial charge in [0.2, 0.25) is 12.7 Å². The fraction of sp³-hybridized carbons (Fsp3) is 0.235. The van der Waals surface area contributed by atoms with Crippen LogP contribution in [0.5, 0.6) is 11.5 Å². The van der Waals surface area contributed by atoms with Gasteiger partial charge in [0.05, 0.1) is 6.04 Å². The number of β-lactam (4-membered cyclic amide) rings is 1. The summed E-state index contributed by atoms with van der Waals surface area (Å²) in [7, 11) is 0. The zero-order valence-corrected chi connectivity index (χ0v) is 12.2. The number of hydrogen-bond acceptors (Lipinski definition) is 4. The third-order valence-electron chi connectivity index (χ3n) is 4.19. The van der Waals surface area contributed by atoms with Crippen LogP contribution < -0.4 is 20.1 Å². The summed E-state index contributed by atoms with van der Waals surface area (Å²) in [6.45, 7) is 2.25. The Bertz CT molecular complexity index is 742. The Balaban J connectivity index is 1.70. The maximum atomic E-state index is 12.2. The zero-order chi connectivity index (χ0) is 15.3. The highest BCUT2D eigenvalue weighted by atomic mass is 16.7. The number of fused-ring (bicyclic) bond motifs is 1. The number of amides is 1. The molecular formula is C17H16N2O3. The summed E-state index contributed by atoms with van der Waals surface area (Å²) in [4.78, 5) is 14.0. The van der Waals surface area contributed by atoms with Gasteiger partial charge in [0, 0.05) is 11.8 Å². The number of nitrogens with zero attached hydrogens (tertiary/aromatic N) is 1. The number of ether oxygens (including phenoxy) is 2. The predicted molar refractivity (Wildman–Crippen MR) is 81.9 cm³/mol. The molecule has 2 atom stereocenters. The van der Waals surface area contributed by atoms with Gasteiger partial charge < -0.3 is 20.1 Å². The van der Waals surface area contributed by atoms with Crippen LogP contribution in [0.15, 0.2) is 42.5 Å². The van der Waals surface area contributed by atoms with Crippen molar-refractivity contribution in [1.29, 1.82) is 0 Å². The second-order valence-electron chi connectivity index (χ2n) is 5.63. The molecule has 0 bridgehead atoms. The van der Waals surface area contributed by atoms with Gasteiger partial charge in [0.15, 0.2) is 11.5 Å². The first-order valence-corrected chi connectivity index (χ1v) is 7.20. The van der Waals surface area contributed by atoms with Gasteiger partial charge in [-0.15, -0.1) is 0 Å². The van der Waals surface area contributed by atoms with Gasteiger partial charge in [-0.3, -0.25) is 4.79 Å². The maximum Gasteiger partial charge on any atom is 0.247 e. The number of hydrogen-bond donors (Lipinski definition) is 1. The van der Waals surface area contributed by atoms with Gasteiger partial charge in [-0.1, -0.05) is 29.8 Å². The van der Waals surface area contributed by atoms with Crippen LogP contribution in [-0.2, 0) is 4.79 Å². The lowest BCUT2D eigenvalue weighted by Gasteiger charge is -2.45. The van der Waals surface area contributed by atoms with Gasteiger partial charge in [-0.2, -0.15) is 0 Å². The lowest BCUT2D eigenvalue weighted by atomic mass is 9.88. The molecule has 2 aliphatic heterocycles. The lowest BCUT2D eigenvalue weighted by molar-refractivity contribution is -0.126. The molecule has 0 saturated carbocycles. The van der Waals surface area contributed by atoms with Gasteiger partial charge in [0.25, 0.3) is 0 Å². The van der Waals surface area contributed by atoms with E-state index < -0.39 is 6.04 Å². The predicted octanol–water partition coefficient (Wildman–Crippen LogP) is 2.14. The molecular weight excluding hydrogens is 280 g/mol. The molecule has 22 heavy (non-hydrogen) atoms. The minimum Gasteiger partial charge on any atom is -0.454 e. The topological polar surface area (TPSA) is 64.8 Å². The second-order valence-corrected chi connectivity index (χ2v) is 5.63. The van der Waals surface area contributed by atoms with Crippen molar-refractivity contribution >= 4 is 11.6 Å². The number of anilines is 1. The number of nitrogens with two attached hydrogens (primary N) is 1. The average Bonchev–Trinajstić information content (AvgIpc) is 3.00. The van der Waals surface area contributed by atoms with Gasteiger partial charge >= 0.3 is 0 Å². The minimum atomic E-state index is -0.506. The highest BCUT2D eigenvalue weighted by Gasteiger charge is 2.46. The van der Waals surface area contributed by atoms with Crippen molar-refractivity contribution in [2.75, 3.05) is 11.7 Å². The fourth-order valence-electron chi connectivity index (χ4n) is 2.95. The van der Waals surface area contributed by atoms with E-state index in [-0.39, 0.29) is 18.7 Å². The van der Waals surface area contributed by atoms with Crippen molar-refractivity contribution in [3.63, 3.8) is 0 Å². The van der Waals surface area contributed by atoms with Gasteiger partial charge in [0.1, 0.15) is 6.04 Å². The first kappa shape index (κ1) is 13.2. The summed E-state index contributed by atoms with van der Waals surface area (Å²) >= 11 is 0. The second kappa shape index (κ2) is 4.74. The molecule has 4 rings (SSSR count). The van der Waals surface area contributed by atoms with E-state index in [1.165, 1.54) is 5.56 Å². The van der Waals surface area contributed by atoms with Crippen LogP contribution in [0.25, 0.3) is 0 Å². The lowest BCUT2D eigenvalue weighted by Crippen LogP contribution is -2.63. The molecule has 0 unspecified atom stereocenters. The van der Waals surface area contributed by atoms with Crippen LogP contribution in [0.1, 0.15) is 17.2 Å². The minimum absolute atomic E-state index is 0.0792. The Hall–Kier alpha value is -2.53. The maximum absolute atomic E-state index is 12.2. The van der Waals surface area contributed by atoms with Crippen molar-refractivity contribution in [3.8, 4) is 11.5 Å². The summed E-state index contributed by atoms with van der Waals surface area (Å²) < 4.78 is 10.7. The van der Waals surface area contributed by atoms with E-state index in [9.17, 15) is 4.79 Å². The summed E-state index contributed by atoms with van der Waals surface area (Å²) in [6.07, 6.45) is 0. The van der Waals surface area contributed by atoms with Crippen molar-refractivity contribution in [2.24, 2.45) is 5.73 Å². The molecule has 0 radical (unpaired) electrons. The summed E-state index contributed by atoms with van der Waals surface area (Å²) in [6, 6.07) is 13.0. The molecule has 2 N–H and O–H groups in total. The van der Waals surface area contributed by atoms with Crippen molar-refractivity contribution in [1.82, 2.24) is 0 Å². The summed E-state index contributed by atoms with van der Waals surface area (Å²) in [5.41, 5.74) is 9.02. The first-order valence-electron chi connectivity index (χ1n) is 7.20. The molecule has 0 aromatic heterocycles. The highest BCUT2D eigenvalue weighted by molar-refractivity contribution is 6.05. The third kappa shape index (κ3) is 1.86. The Labute approximate surface area is 128 Å². The summed E-state index contributed by atoms with van der Waals surface area (Å²) in [5, 5.41) is 0. The molecule has 0 aliphatic carbocycles. The molecule has 1 amide bonds. The Kier molecular flexibility index (Phi) is 2.84. The Morgan fingerprint density at radius 3 is 2.59 bits per heavy atom. The van der Waals surface area contributed by atoms with Crippen LogP contribution in [0.3, 0.4) is 0 Å². The van der Waals surface area contributed by atoms with E-state index in [1.807, 2.05) is 49.4 Å². The standard InChI is InChI=1S/C17H16N2O3/c1-10-2-4-11(5-3-10)16-15(18)17(20)19(16)12-6-7-13-14(8-12)22-9-21-13/h2-8,15-16H,9,18H2,1H3/t15-,16+/m1/s1. The summed E-state index contributed by atoms with van der Waals surface area (Å²) in [5.74, 6) is 1.28. The fourth-order valence-corrected chi connectivity index (χ4v) is 2.95. The smallest absolute Gasteiger partial charge is 0.247 e. The van der Waals surface area contributed by atoms with Crippen LogP contribution in [0, 0.1) is 6.92 Å². The van der Waals surface area contributed by atoms with Gasteiger partial charge in [-0.05, 0) is 24.6 Å². The normalized spacial score (nSPS) is 22.6. The van der Waals surface area contributed by atoms with Crippen LogP contribution >= 0.6 is 0 Å². The molecule has 2 aromatic carbocycles. The third-order valence-corrected chi connectivity index (χ3v) is 4.19. The largest absolute Gasteiger partial charge is 0.454 e. The van der Waals surface area contributed by atoms with E-state index in [0.29, 0.717) is 11.5 Å². The van der Waals surface area contributed by atoms with E-state index in [0.717, 1.165) is 11.3 Å². The molecule has 1 saturated heterocycles. The molecule has 112 valence electrons. The number of carbonyl (C=O) groups is 1. The van der Waals surface area contributed by atoms with E-state index in [2.05, 4.69) is 0 Å². The first-order chi connectivity index (χ1) is 10.6. The molecule has 1 fully saturated rings. The van der Waals surface area contributed by atoms with Crippen LogP contribution in [0.2, 0.25) is 0 Å². The molecule has 2 heterocycles. The van der Waals surface area contributed by atoms with Crippen molar-refractivity contribution in [3.05, 3.63) is 53.6 Å². The van der Waals surface area contributed by atoms with Crippen molar-refractivity contribution < 1.29 is 14.3 Å². The number of aryl methyl sites for hydroxylation is 1. The monoisotopic (exact) mass is 296 g/mol. The quantitative estimate of drug-likeness (QED) is 0.862. The SMILES string of the molecule is Cc1ccc([C@H]2[C@@H](N)C(=O)N2c2ccc3c(c2)OCO3)cc1. The molecule has 5 nitrogen and oxygen atoms in total. The molecule has 5 heteroatoms. The van der Waals surface area contributed by atoms with Crippen LogP contribution in [0.4, 0.5) is 5.69 Å². The molecule has 2 aliphatic rings. The van der Waals surface area contributed by atoms with Gasteiger partial charge in [-0.25, -0.2) is 0 Å². The Morgan fingerprint density at radius 2 is 1.82 bits per heavy atom. The number of rotatable bonds is 2. The Morgan fingerprint density at radius 1 is 1.09 bits per heavy atom. The molecule has 0 spiro atoms. The van der Waals surface area contributed by atoms with Crippen molar-refractivity contribution in [2.45, 2.75) is 19.0 Å². The average molecular weight is 296 g/mol. The molecule has 2 aromatic rings. The highest BCUT2D eigenvalue weighted by Crippen LogP contribution is 2.42.